The molecule has 18 heavy (non-hydrogen) atoms. The van der Waals surface area contributed by atoms with E-state index in [9.17, 15) is 9.18 Å². The maximum Gasteiger partial charge on any atom is 0.197 e. The van der Waals surface area contributed by atoms with Gasteiger partial charge in [0.15, 0.2) is 5.78 Å². The summed E-state index contributed by atoms with van der Waals surface area (Å²) in [7, 11) is 0. The third kappa shape index (κ3) is 2.58. The number of halogens is 4. The third-order valence-electron chi connectivity index (χ3n) is 2.37. The van der Waals surface area contributed by atoms with Crippen LogP contribution in [0.15, 0.2) is 40.9 Å². The van der Waals surface area contributed by atoms with Crippen LogP contribution in [-0.2, 0) is 0 Å². The van der Waals surface area contributed by atoms with Crippen LogP contribution in [-0.4, -0.2) is 5.78 Å². The summed E-state index contributed by atoms with van der Waals surface area (Å²) in [5.74, 6) is -1.10. The van der Waals surface area contributed by atoms with Crippen LogP contribution in [0.2, 0.25) is 10.0 Å². The molecule has 0 unspecified atom stereocenters. The number of ketones is 1. The van der Waals surface area contributed by atoms with Gasteiger partial charge in [0.05, 0.1) is 15.6 Å². The number of rotatable bonds is 2. The fourth-order valence-corrected chi connectivity index (χ4v) is 2.24. The molecule has 0 radical (unpaired) electrons. The van der Waals surface area contributed by atoms with Crippen LogP contribution in [0.3, 0.4) is 0 Å². The first-order chi connectivity index (χ1) is 8.50. The van der Waals surface area contributed by atoms with E-state index in [1.807, 2.05) is 0 Å². The summed E-state index contributed by atoms with van der Waals surface area (Å²) in [6.45, 7) is 0. The number of benzene rings is 2. The molecule has 0 atom stereocenters. The first-order valence-corrected chi connectivity index (χ1v) is 6.49. The fourth-order valence-electron chi connectivity index (χ4n) is 1.50. The smallest absolute Gasteiger partial charge is 0.197 e. The molecule has 0 heterocycles. The summed E-state index contributed by atoms with van der Waals surface area (Å²) < 4.78 is 14.2. The van der Waals surface area contributed by atoms with Crippen molar-refractivity contribution in [2.45, 2.75) is 0 Å². The standard InChI is InChI=1S/C13H6BrCl2FO/c14-7-4-5-11(17)9(6-7)13(18)8-2-1-3-10(15)12(8)16/h1-6H. The van der Waals surface area contributed by atoms with Crippen LogP contribution < -0.4 is 0 Å². The Labute approximate surface area is 122 Å². The van der Waals surface area contributed by atoms with E-state index >= 15 is 0 Å². The molecule has 0 aliphatic carbocycles. The molecule has 1 nitrogen and oxygen atoms in total. The minimum absolute atomic E-state index is 0.0476. The topological polar surface area (TPSA) is 17.1 Å². The van der Waals surface area contributed by atoms with Crippen LogP contribution in [0, 0.1) is 5.82 Å². The van der Waals surface area contributed by atoms with Crippen molar-refractivity contribution in [1.82, 2.24) is 0 Å². The average Bonchev–Trinajstić information content (AvgIpc) is 2.35. The summed E-state index contributed by atoms with van der Waals surface area (Å²) in [6.07, 6.45) is 0. The molecule has 0 N–H and O–H groups in total. The Balaban J connectivity index is 2.55. The van der Waals surface area contributed by atoms with Gasteiger partial charge in [-0.15, -0.1) is 0 Å². The minimum Gasteiger partial charge on any atom is -0.288 e. The summed E-state index contributed by atoms with van der Waals surface area (Å²) in [6, 6.07) is 8.82. The molecule has 5 heteroatoms. The summed E-state index contributed by atoms with van der Waals surface area (Å²) in [4.78, 5) is 12.2. The predicted octanol–water partition coefficient (Wildman–Crippen LogP) is 5.13. The van der Waals surface area contributed by atoms with Crippen molar-refractivity contribution in [2.24, 2.45) is 0 Å². The van der Waals surface area contributed by atoms with Crippen molar-refractivity contribution in [2.75, 3.05) is 0 Å². The molecule has 0 fully saturated rings. The normalized spacial score (nSPS) is 10.4. The molecule has 2 aromatic rings. The van der Waals surface area contributed by atoms with Crippen molar-refractivity contribution in [3.63, 3.8) is 0 Å². The quantitative estimate of drug-likeness (QED) is 0.688. The van der Waals surface area contributed by atoms with Crippen molar-refractivity contribution >= 4 is 44.9 Å². The second-order valence-electron chi connectivity index (χ2n) is 3.55. The minimum atomic E-state index is -0.598. The van der Waals surface area contributed by atoms with Gasteiger partial charge in [-0.3, -0.25) is 4.79 Å². The molecular weight excluding hydrogens is 342 g/mol. The second kappa shape index (κ2) is 5.39. The monoisotopic (exact) mass is 346 g/mol. The van der Waals surface area contributed by atoms with E-state index in [0.29, 0.717) is 4.47 Å². The van der Waals surface area contributed by atoms with Crippen LogP contribution in [0.5, 0.6) is 0 Å². The highest BCUT2D eigenvalue weighted by molar-refractivity contribution is 9.10. The lowest BCUT2D eigenvalue weighted by molar-refractivity contribution is 0.103. The lowest BCUT2D eigenvalue weighted by Gasteiger charge is -2.06. The molecule has 92 valence electrons. The Hall–Kier alpha value is -0.900. The predicted molar refractivity (Wildman–Crippen MR) is 74.0 cm³/mol. The van der Waals surface area contributed by atoms with E-state index in [1.54, 1.807) is 12.1 Å². The van der Waals surface area contributed by atoms with Gasteiger partial charge < -0.3 is 0 Å². The first-order valence-electron chi connectivity index (χ1n) is 4.94. The molecule has 2 rings (SSSR count). The maximum absolute atomic E-state index is 13.6. The molecule has 0 spiro atoms. The Bertz CT molecular complexity index is 624. The average molecular weight is 348 g/mol. The zero-order valence-electron chi connectivity index (χ0n) is 8.88. The van der Waals surface area contributed by atoms with E-state index in [4.69, 9.17) is 23.2 Å². The van der Waals surface area contributed by atoms with Crippen LogP contribution in [0.25, 0.3) is 0 Å². The molecule has 0 aliphatic rings. The Kier molecular flexibility index (Phi) is 4.05. The third-order valence-corrected chi connectivity index (χ3v) is 3.68. The SMILES string of the molecule is O=C(c1cc(Br)ccc1F)c1cccc(Cl)c1Cl. The summed E-state index contributed by atoms with van der Waals surface area (Å²) in [5.41, 5.74) is 0.134. The Morgan fingerprint density at radius 1 is 1.11 bits per heavy atom. The second-order valence-corrected chi connectivity index (χ2v) is 5.26. The van der Waals surface area contributed by atoms with Gasteiger partial charge in [-0.25, -0.2) is 4.39 Å². The number of carbonyl (C=O) groups excluding carboxylic acids is 1. The zero-order chi connectivity index (χ0) is 13.3. The van der Waals surface area contributed by atoms with Gasteiger partial charge >= 0.3 is 0 Å². The van der Waals surface area contributed by atoms with Crippen molar-refractivity contribution in [1.29, 1.82) is 0 Å². The fraction of sp³-hybridized carbons (Fsp3) is 0. The summed E-state index contributed by atoms with van der Waals surface area (Å²) >= 11 is 15.0. The van der Waals surface area contributed by atoms with Gasteiger partial charge in [-0.2, -0.15) is 0 Å². The molecule has 0 saturated carbocycles. The Morgan fingerprint density at radius 3 is 2.56 bits per heavy atom. The Morgan fingerprint density at radius 2 is 1.83 bits per heavy atom. The van der Waals surface area contributed by atoms with E-state index in [-0.39, 0.29) is 21.2 Å². The van der Waals surface area contributed by atoms with Gasteiger partial charge in [-0.1, -0.05) is 45.2 Å². The van der Waals surface area contributed by atoms with Crippen molar-refractivity contribution in [3.8, 4) is 0 Å². The van der Waals surface area contributed by atoms with Crippen LogP contribution >= 0.6 is 39.1 Å². The molecule has 0 saturated heterocycles. The van der Waals surface area contributed by atoms with E-state index < -0.39 is 11.6 Å². The molecule has 0 aromatic heterocycles. The van der Waals surface area contributed by atoms with Crippen molar-refractivity contribution in [3.05, 3.63) is 67.9 Å². The van der Waals surface area contributed by atoms with E-state index in [1.165, 1.54) is 24.3 Å². The number of hydrogen-bond donors (Lipinski definition) is 0. The van der Waals surface area contributed by atoms with Crippen molar-refractivity contribution < 1.29 is 9.18 Å². The lowest BCUT2D eigenvalue weighted by atomic mass is 10.0. The highest BCUT2D eigenvalue weighted by atomic mass is 79.9. The first kappa shape index (κ1) is 13.5. The van der Waals surface area contributed by atoms with Gasteiger partial charge in [0.1, 0.15) is 5.82 Å². The van der Waals surface area contributed by atoms with E-state index in [2.05, 4.69) is 15.9 Å². The highest BCUT2D eigenvalue weighted by Crippen LogP contribution is 2.28. The molecule has 0 bridgehead atoms. The maximum atomic E-state index is 13.6. The van der Waals surface area contributed by atoms with Gasteiger partial charge in [0.25, 0.3) is 0 Å². The van der Waals surface area contributed by atoms with Gasteiger partial charge in [0.2, 0.25) is 0 Å². The van der Waals surface area contributed by atoms with Crippen LogP contribution in [0.4, 0.5) is 4.39 Å². The summed E-state index contributed by atoms with van der Waals surface area (Å²) in [5, 5.41) is 0.390. The molecule has 2 aromatic carbocycles. The molecular formula is C13H6BrCl2FO. The largest absolute Gasteiger partial charge is 0.288 e. The van der Waals surface area contributed by atoms with Gasteiger partial charge in [0, 0.05) is 10.0 Å². The number of hydrogen-bond acceptors (Lipinski definition) is 1. The zero-order valence-corrected chi connectivity index (χ0v) is 12.0. The van der Waals surface area contributed by atoms with E-state index in [0.717, 1.165) is 0 Å². The molecule has 0 amide bonds. The van der Waals surface area contributed by atoms with Crippen LogP contribution in [0.1, 0.15) is 15.9 Å². The highest BCUT2D eigenvalue weighted by Gasteiger charge is 2.18. The number of carbonyl (C=O) groups is 1. The van der Waals surface area contributed by atoms with Gasteiger partial charge in [-0.05, 0) is 30.3 Å². The molecule has 0 aliphatic heterocycles. The lowest BCUT2D eigenvalue weighted by Crippen LogP contribution is -2.05.